The van der Waals surface area contributed by atoms with Crippen molar-refractivity contribution in [1.82, 2.24) is 0 Å². The van der Waals surface area contributed by atoms with Crippen LogP contribution in [0.15, 0.2) is 28.9 Å². The molecule has 1 heterocycles. The number of rotatable bonds is 3. The van der Waals surface area contributed by atoms with E-state index in [9.17, 15) is 19.7 Å². The van der Waals surface area contributed by atoms with Gasteiger partial charge in [-0.05, 0) is 17.7 Å². The van der Waals surface area contributed by atoms with Crippen molar-refractivity contribution in [2.24, 2.45) is 4.99 Å². The van der Waals surface area contributed by atoms with E-state index in [4.69, 9.17) is 9.47 Å². The van der Waals surface area contributed by atoms with Gasteiger partial charge in [-0.2, -0.15) is 0 Å². The van der Waals surface area contributed by atoms with E-state index in [0.29, 0.717) is 5.56 Å². The standard InChI is InChI=1S/C13H10N2O6/c1-7-14-10(13(17)20-7)5-9-3-4-12(21-8(2)16)11(6-9)15(18)19/h3-6H,1-2H3/b10-5-. The topological polar surface area (TPSA) is 108 Å². The largest absolute Gasteiger partial charge is 0.419 e. The van der Waals surface area contributed by atoms with Crippen LogP contribution < -0.4 is 4.74 Å². The van der Waals surface area contributed by atoms with Gasteiger partial charge in [0.2, 0.25) is 5.75 Å². The first-order chi connectivity index (χ1) is 9.86. The Morgan fingerprint density at radius 3 is 2.71 bits per heavy atom. The lowest BCUT2D eigenvalue weighted by molar-refractivity contribution is -0.385. The van der Waals surface area contributed by atoms with Gasteiger partial charge in [-0.15, -0.1) is 0 Å². The van der Waals surface area contributed by atoms with E-state index in [1.165, 1.54) is 31.2 Å². The van der Waals surface area contributed by atoms with Gasteiger partial charge in [0.05, 0.1) is 4.92 Å². The van der Waals surface area contributed by atoms with Crippen molar-refractivity contribution >= 4 is 29.6 Å². The molecule has 0 saturated heterocycles. The molecule has 0 saturated carbocycles. The molecule has 0 atom stereocenters. The van der Waals surface area contributed by atoms with E-state index in [-0.39, 0.29) is 23.0 Å². The summed E-state index contributed by atoms with van der Waals surface area (Å²) >= 11 is 0. The third kappa shape index (κ3) is 3.30. The number of nitro groups is 1. The molecule has 108 valence electrons. The maximum Gasteiger partial charge on any atom is 0.363 e. The number of ether oxygens (including phenoxy) is 2. The summed E-state index contributed by atoms with van der Waals surface area (Å²) in [5.41, 5.74) is 0.0247. The number of carbonyl (C=O) groups excluding carboxylic acids is 2. The van der Waals surface area contributed by atoms with Crippen molar-refractivity contribution in [2.45, 2.75) is 13.8 Å². The van der Waals surface area contributed by atoms with Gasteiger partial charge in [0.25, 0.3) is 0 Å². The second kappa shape index (κ2) is 5.53. The zero-order valence-electron chi connectivity index (χ0n) is 11.2. The maximum atomic E-state index is 11.4. The molecule has 0 radical (unpaired) electrons. The predicted molar refractivity (Wildman–Crippen MR) is 71.6 cm³/mol. The molecule has 1 aromatic carbocycles. The highest BCUT2D eigenvalue weighted by atomic mass is 16.6. The average molecular weight is 290 g/mol. The number of benzene rings is 1. The van der Waals surface area contributed by atoms with E-state index in [1.54, 1.807) is 0 Å². The lowest BCUT2D eigenvalue weighted by Crippen LogP contribution is -2.04. The molecule has 0 N–H and O–H groups in total. The van der Waals surface area contributed by atoms with Crippen molar-refractivity contribution in [1.29, 1.82) is 0 Å². The Kier molecular flexibility index (Phi) is 3.79. The zero-order valence-corrected chi connectivity index (χ0v) is 11.2. The Balaban J connectivity index is 2.41. The van der Waals surface area contributed by atoms with E-state index in [2.05, 4.69) is 4.99 Å². The molecule has 1 aromatic rings. The molecule has 0 aromatic heterocycles. The van der Waals surface area contributed by atoms with Crippen molar-refractivity contribution < 1.29 is 24.0 Å². The monoisotopic (exact) mass is 290 g/mol. The van der Waals surface area contributed by atoms with E-state index in [1.807, 2.05) is 0 Å². The van der Waals surface area contributed by atoms with Crippen LogP contribution in [-0.4, -0.2) is 22.8 Å². The minimum atomic E-state index is -0.679. The third-order valence-electron chi connectivity index (χ3n) is 2.46. The van der Waals surface area contributed by atoms with Crippen LogP contribution >= 0.6 is 0 Å². The van der Waals surface area contributed by atoms with Crippen LogP contribution in [0.5, 0.6) is 5.75 Å². The molecule has 8 nitrogen and oxygen atoms in total. The molecule has 0 fully saturated rings. The number of cyclic esters (lactones) is 1. The number of aliphatic imine (C=N–C) groups is 1. The van der Waals surface area contributed by atoms with E-state index >= 15 is 0 Å². The quantitative estimate of drug-likeness (QED) is 0.276. The molecule has 0 unspecified atom stereocenters. The molecular formula is C13H10N2O6. The van der Waals surface area contributed by atoms with Gasteiger partial charge in [-0.25, -0.2) is 9.79 Å². The minimum absolute atomic E-state index is 0.0436. The van der Waals surface area contributed by atoms with Crippen LogP contribution in [0.4, 0.5) is 5.69 Å². The van der Waals surface area contributed by atoms with Gasteiger partial charge < -0.3 is 9.47 Å². The molecule has 2 rings (SSSR count). The highest BCUT2D eigenvalue weighted by molar-refractivity contribution is 6.06. The second-order valence-electron chi connectivity index (χ2n) is 4.13. The maximum absolute atomic E-state index is 11.4. The molecule has 21 heavy (non-hydrogen) atoms. The van der Waals surface area contributed by atoms with E-state index in [0.717, 1.165) is 6.92 Å². The van der Waals surface area contributed by atoms with Gasteiger partial charge in [0.15, 0.2) is 11.6 Å². The zero-order chi connectivity index (χ0) is 15.6. The summed E-state index contributed by atoms with van der Waals surface area (Å²) in [6.45, 7) is 2.66. The first-order valence-corrected chi connectivity index (χ1v) is 5.83. The van der Waals surface area contributed by atoms with Crippen molar-refractivity contribution in [3.8, 4) is 5.75 Å². The van der Waals surface area contributed by atoms with Gasteiger partial charge >= 0.3 is 17.6 Å². The summed E-state index contributed by atoms with van der Waals surface area (Å²) in [6, 6.07) is 3.93. The van der Waals surface area contributed by atoms with Gasteiger partial charge in [-0.3, -0.25) is 14.9 Å². The van der Waals surface area contributed by atoms with Crippen LogP contribution in [0.1, 0.15) is 19.4 Å². The van der Waals surface area contributed by atoms with Crippen LogP contribution in [0.2, 0.25) is 0 Å². The Hall–Kier alpha value is -3.03. The average Bonchev–Trinajstić information content (AvgIpc) is 2.68. The summed E-state index contributed by atoms with van der Waals surface area (Å²) < 4.78 is 9.49. The molecule has 0 aliphatic carbocycles. The summed E-state index contributed by atoms with van der Waals surface area (Å²) in [7, 11) is 0. The Morgan fingerprint density at radius 1 is 1.48 bits per heavy atom. The van der Waals surface area contributed by atoms with Crippen LogP contribution in [0.3, 0.4) is 0 Å². The van der Waals surface area contributed by atoms with E-state index < -0.39 is 16.9 Å². The van der Waals surface area contributed by atoms with Crippen LogP contribution in [0, 0.1) is 10.1 Å². The Bertz CT molecular complexity index is 705. The molecular weight excluding hydrogens is 280 g/mol. The van der Waals surface area contributed by atoms with Crippen molar-refractivity contribution in [3.05, 3.63) is 39.6 Å². The SMILES string of the molecule is CC(=O)Oc1ccc(/C=C2\N=C(C)OC2=O)cc1[N+](=O)[O-]. The van der Waals surface area contributed by atoms with Crippen molar-refractivity contribution in [2.75, 3.05) is 0 Å². The molecule has 1 aliphatic heterocycles. The normalized spacial score (nSPS) is 15.6. The van der Waals surface area contributed by atoms with Gasteiger partial charge in [0, 0.05) is 19.9 Å². The summed E-state index contributed by atoms with van der Waals surface area (Å²) in [4.78, 5) is 36.5. The summed E-state index contributed by atoms with van der Waals surface area (Å²) in [5, 5.41) is 11.0. The van der Waals surface area contributed by atoms with Gasteiger partial charge in [0.1, 0.15) is 0 Å². The lowest BCUT2D eigenvalue weighted by Gasteiger charge is -2.03. The van der Waals surface area contributed by atoms with Crippen molar-refractivity contribution in [3.63, 3.8) is 0 Å². The highest BCUT2D eigenvalue weighted by Crippen LogP contribution is 2.29. The van der Waals surface area contributed by atoms with Crippen LogP contribution in [0.25, 0.3) is 6.08 Å². The fourth-order valence-electron chi connectivity index (χ4n) is 1.68. The highest BCUT2D eigenvalue weighted by Gasteiger charge is 2.21. The smallest absolute Gasteiger partial charge is 0.363 e. The molecule has 0 amide bonds. The molecule has 1 aliphatic rings. The fourth-order valence-corrected chi connectivity index (χ4v) is 1.68. The first kappa shape index (κ1) is 14.4. The number of hydrogen-bond donors (Lipinski definition) is 0. The third-order valence-corrected chi connectivity index (χ3v) is 2.46. The first-order valence-electron chi connectivity index (χ1n) is 5.83. The number of nitro benzene ring substituents is 1. The number of carbonyl (C=O) groups is 2. The van der Waals surface area contributed by atoms with Crippen LogP contribution in [-0.2, 0) is 14.3 Å². The Labute approximate surface area is 118 Å². The second-order valence-corrected chi connectivity index (χ2v) is 4.13. The predicted octanol–water partition coefficient (Wildman–Crippen LogP) is 1.84. The number of esters is 2. The Morgan fingerprint density at radius 2 is 2.19 bits per heavy atom. The number of hydrogen-bond acceptors (Lipinski definition) is 7. The molecule has 0 spiro atoms. The van der Waals surface area contributed by atoms with Gasteiger partial charge in [-0.1, -0.05) is 6.07 Å². The number of nitrogens with zero attached hydrogens (tertiary/aromatic N) is 2. The minimum Gasteiger partial charge on any atom is -0.419 e. The summed E-state index contributed by atoms with van der Waals surface area (Å²) in [5.74, 6) is -1.25. The summed E-state index contributed by atoms with van der Waals surface area (Å²) in [6.07, 6.45) is 1.35. The molecule has 0 bridgehead atoms. The fraction of sp³-hybridized carbons (Fsp3) is 0.154. The molecule has 8 heteroatoms. The lowest BCUT2D eigenvalue weighted by atomic mass is 10.1.